The molecule has 0 aliphatic heterocycles. The van der Waals surface area contributed by atoms with E-state index in [9.17, 15) is 0 Å². The Kier molecular flexibility index (Phi) is 3.18. The van der Waals surface area contributed by atoms with Crippen molar-refractivity contribution in [3.63, 3.8) is 0 Å². The van der Waals surface area contributed by atoms with E-state index in [4.69, 9.17) is 0 Å². The highest BCUT2D eigenvalue weighted by atomic mass is 14.2. The van der Waals surface area contributed by atoms with Crippen molar-refractivity contribution < 1.29 is 0 Å². The lowest BCUT2D eigenvalue weighted by Crippen LogP contribution is -1.99. The molecule has 0 saturated carbocycles. The van der Waals surface area contributed by atoms with Crippen LogP contribution in [0.15, 0.2) is 36.4 Å². The molecule has 0 atom stereocenters. The summed E-state index contributed by atoms with van der Waals surface area (Å²) in [5, 5.41) is 0. The minimum absolute atomic E-state index is 1.10. The summed E-state index contributed by atoms with van der Waals surface area (Å²) in [7, 11) is 0. The maximum atomic E-state index is 2.45. The summed E-state index contributed by atoms with van der Waals surface area (Å²) in [5.74, 6) is 1.49. The Morgan fingerprint density at radius 1 is 0.947 bits per heavy atom. The second kappa shape index (κ2) is 4.85. The van der Waals surface area contributed by atoms with Crippen LogP contribution in [-0.4, -0.2) is 0 Å². The van der Waals surface area contributed by atoms with Crippen molar-refractivity contribution in [2.75, 3.05) is 0 Å². The monoisotopic (exact) mass is 249 g/mol. The van der Waals surface area contributed by atoms with Gasteiger partial charge >= 0.3 is 0 Å². The fourth-order valence-corrected chi connectivity index (χ4v) is 3.15. The molecule has 1 aliphatic carbocycles. The molecule has 0 amide bonds. The first kappa shape index (κ1) is 12.5. The molecular weight excluding hydrogens is 228 g/mol. The predicted octanol–water partition coefficient (Wildman–Crippen LogP) is 4.98. The maximum absolute atomic E-state index is 2.45. The number of fused-ring (bicyclic) bond motifs is 3. The summed E-state index contributed by atoms with van der Waals surface area (Å²) in [6, 6.07) is 13.7. The number of hydrogen-bond donors (Lipinski definition) is 0. The van der Waals surface area contributed by atoms with Crippen LogP contribution in [0.1, 0.15) is 43.0 Å². The van der Waals surface area contributed by atoms with E-state index in [-0.39, 0.29) is 0 Å². The second-order valence-corrected chi connectivity index (χ2v) is 5.85. The molecule has 0 fully saturated rings. The first-order valence-electron chi connectivity index (χ1n) is 7.21. The Labute approximate surface area is 116 Å². The summed E-state index contributed by atoms with van der Waals surface area (Å²) in [5.41, 5.74) is 8.93. The van der Waals surface area contributed by atoms with E-state index in [2.05, 4.69) is 57.2 Å². The standard InChI is InChI=1S/C19H21/c1-4-14-12-19-17(11-16(14)9-13(2)3)10-15-7-5-6-8-18(15)19/h5-8,11-12H,4,9-10H2,1-3H3. The van der Waals surface area contributed by atoms with Gasteiger partial charge in [0.2, 0.25) is 0 Å². The Hall–Kier alpha value is -1.56. The fourth-order valence-electron chi connectivity index (χ4n) is 3.15. The Morgan fingerprint density at radius 3 is 2.47 bits per heavy atom. The SMILES string of the molecule is CCc1cc2c(cc1C[C](C)C)Cc1ccccc1-2. The van der Waals surface area contributed by atoms with Gasteiger partial charge in [-0.3, -0.25) is 0 Å². The van der Waals surface area contributed by atoms with Crippen LogP contribution in [0.2, 0.25) is 0 Å². The van der Waals surface area contributed by atoms with E-state index in [0.717, 1.165) is 19.3 Å². The molecule has 0 heteroatoms. The number of aryl methyl sites for hydroxylation is 1. The van der Waals surface area contributed by atoms with Gasteiger partial charge in [-0.05, 0) is 58.6 Å². The van der Waals surface area contributed by atoms with Gasteiger partial charge in [0.25, 0.3) is 0 Å². The summed E-state index contributed by atoms with van der Waals surface area (Å²) in [4.78, 5) is 0. The van der Waals surface area contributed by atoms with Crippen LogP contribution >= 0.6 is 0 Å². The molecule has 1 aliphatic rings. The third kappa shape index (κ3) is 2.20. The van der Waals surface area contributed by atoms with Gasteiger partial charge in [-0.15, -0.1) is 0 Å². The molecule has 0 aromatic heterocycles. The van der Waals surface area contributed by atoms with Gasteiger partial charge in [0.1, 0.15) is 0 Å². The van der Waals surface area contributed by atoms with Crippen molar-refractivity contribution in [3.8, 4) is 11.1 Å². The third-order valence-electron chi connectivity index (χ3n) is 4.04. The molecule has 2 aromatic rings. The first-order valence-corrected chi connectivity index (χ1v) is 7.21. The summed E-state index contributed by atoms with van der Waals surface area (Å²) >= 11 is 0. The Balaban J connectivity index is 2.10. The average Bonchev–Trinajstić information content (AvgIpc) is 2.74. The molecule has 19 heavy (non-hydrogen) atoms. The van der Waals surface area contributed by atoms with Crippen LogP contribution in [0.5, 0.6) is 0 Å². The van der Waals surface area contributed by atoms with Crippen LogP contribution in [0, 0.1) is 5.92 Å². The van der Waals surface area contributed by atoms with Crippen molar-refractivity contribution in [2.24, 2.45) is 0 Å². The van der Waals surface area contributed by atoms with E-state index in [1.807, 2.05) is 0 Å². The fraction of sp³-hybridized carbons (Fsp3) is 0.316. The van der Waals surface area contributed by atoms with Crippen LogP contribution < -0.4 is 0 Å². The van der Waals surface area contributed by atoms with Gasteiger partial charge in [0.15, 0.2) is 0 Å². The summed E-state index contributed by atoms with van der Waals surface area (Å²) < 4.78 is 0. The van der Waals surface area contributed by atoms with Crippen molar-refractivity contribution in [2.45, 2.75) is 40.0 Å². The highest BCUT2D eigenvalue weighted by Crippen LogP contribution is 2.38. The van der Waals surface area contributed by atoms with Crippen molar-refractivity contribution in [1.82, 2.24) is 0 Å². The van der Waals surface area contributed by atoms with E-state index < -0.39 is 0 Å². The number of hydrogen-bond acceptors (Lipinski definition) is 0. The Morgan fingerprint density at radius 2 is 1.74 bits per heavy atom. The van der Waals surface area contributed by atoms with Crippen LogP contribution in [0.3, 0.4) is 0 Å². The first-order chi connectivity index (χ1) is 9.19. The van der Waals surface area contributed by atoms with Crippen molar-refractivity contribution in [1.29, 1.82) is 0 Å². The lowest BCUT2D eigenvalue weighted by molar-refractivity contribution is 0.929. The number of benzene rings is 2. The maximum Gasteiger partial charge on any atom is -0.00134 e. The third-order valence-corrected chi connectivity index (χ3v) is 4.04. The quantitative estimate of drug-likeness (QED) is 0.614. The van der Waals surface area contributed by atoms with Gasteiger partial charge in [-0.1, -0.05) is 57.2 Å². The van der Waals surface area contributed by atoms with Gasteiger partial charge in [-0.2, -0.15) is 0 Å². The lowest BCUT2D eigenvalue weighted by Gasteiger charge is -2.13. The average molecular weight is 249 g/mol. The zero-order chi connectivity index (χ0) is 13.4. The van der Waals surface area contributed by atoms with Gasteiger partial charge in [-0.25, -0.2) is 0 Å². The lowest BCUT2D eigenvalue weighted by atomic mass is 9.92. The molecule has 0 bridgehead atoms. The zero-order valence-electron chi connectivity index (χ0n) is 12.1. The van der Waals surface area contributed by atoms with Gasteiger partial charge < -0.3 is 0 Å². The molecular formula is C19H21. The van der Waals surface area contributed by atoms with E-state index in [0.29, 0.717) is 0 Å². The molecule has 0 heterocycles. The minimum Gasteiger partial charge on any atom is -0.0619 e. The highest BCUT2D eigenvalue weighted by molar-refractivity contribution is 5.77. The zero-order valence-corrected chi connectivity index (χ0v) is 12.1. The predicted molar refractivity (Wildman–Crippen MR) is 82.4 cm³/mol. The van der Waals surface area contributed by atoms with Crippen molar-refractivity contribution >= 4 is 0 Å². The normalized spacial score (nSPS) is 12.6. The molecule has 0 N–H and O–H groups in total. The molecule has 1 radical (unpaired) electrons. The molecule has 97 valence electrons. The number of rotatable bonds is 3. The topological polar surface area (TPSA) is 0 Å². The van der Waals surface area contributed by atoms with Crippen LogP contribution in [-0.2, 0) is 19.3 Å². The summed E-state index contributed by atoms with van der Waals surface area (Å²) in [6.45, 7) is 6.71. The molecule has 0 saturated heterocycles. The Bertz CT molecular complexity index is 605. The van der Waals surface area contributed by atoms with Crippen LogP contribution in [0.25, 0.3) is 11.1 Å². The largest absolute Gasteiger partial charge is 0.0619 e. The summed E-state index contributed by atoms with van der Waals surface area (Å²) in [6.07, 6.45) is 3.34. The molecule has 0 nitrogen and oxygen atoms in total. The molecule has 2 aromatic carbocycles. The second-order valence-electron chi connectivity index (χ2n) is 5.85. The smallest absolute Gasteiger partial charge is 0.00134 e. The van der Waals surface area contributed by atoms with Crippen LogP contribution in [0.4, 0.5) is 0 Å². The van der Waals surface area contributed by atoms with E-state index >= 15 is 0 Å². The van der Waals surface area contributed by atoms with E-state index in [1.54, 1.807) is 0 Å². The molecule has 3 rings (SSSR count). The molecule has 0 spiro atoms. The van der Waals surface area contributed by atoms with Gasteiger partial charge in [0, 0.05) is 0 Å². The molecule has 0 unspecified atom stereocenters. The van der Waals surface area contributed by atoms with Crippen molar-refractivity contribution in [3.05, 3.63) is 64.6 Å². The van der Waals surface area contributed by atoms with E-state index in [1.165, 1.54) is 39.3 Å². The van der Waals surface area contributed by atoms with Gasteiger partial charge in [0.05, 0.1) is 0 Å². The highest BCUT2D eigenvalue weighted by Gasteiger charge is 2.19. The minimum atomic E-state index is 1.10.